The van der Waals surface area contributed by atoms with Crippen LogP contribution >= 0.6 is 0 Å². The van der Waals surface area contributed by atoms with Crippen molar-refractivity contribution < 1.29 is 13.2 Å². The summed E-state index contributed by atoms with van der Waals surface area (Å²) in [4.78, 5) is 12.5. The molecule has 1 rings (SSSR count). The normalized spacial score (nSPS) is 13.8. The molecule has 1 aromatic carbocycles. The molecule has 6 nitrogen and oxygen atoms in total. The number of nitrogens with one attached hydrogen (secondary N) is 1. The third kappa shape index (κ3) is 4.55. The van der Waals surface area contributed by atoms with Gasteiger partial charge in [0.15, 0.2) is 0 Å². The number of carbonyl (C=O) groups excluding carboxylic acids is 1. The van der Waals surface area contributed by atoms with Crippen molar-refractivity contribution in [2.45, 2.75) is 52.5 Å². The van der Waals surface area contributed by atoms with Crippen LogP contribution in [0.25, 0.3) is 0 Å². The van der Waals surface area contributed by atoms with E-state index >= 15 is 0 Å². The van der Waals surface area contributed by atoms with Crippen molar-refractivity contribution in [1.29, 1.82) is 0 Å². The molecule has 0 fully saturated rings. The lowest BCUT2D eigenvalue weighted by Gasteiger charge is -2.26. The van der Waals surface area contributed by atoms with Crippen LogP contribution in [0.3, 0.4) is 0 Å². The zero-order valence-corrected chi connectivity index (χ0v) is 16.2. The summed E-state index contributed by atoms with van der Waals surface area (Å²) >= 11 is 0. The van der Waals surface area contributed by atoms with E-state index in [-0.39, 0.29) is 16.2 Å². The summed E-state index contributed by atoms with van der Waals surface area (Å²) in [6.07, 6.45) is 0. The largest absolute Gasteiger partial charge is 0.325 e. The van der Waals surface area contributed by atoms with E-state index in [2.05, 4.69) is 5.32 Å². The second kappa shape index (κ2) is 7.63. The number of sulfonamides is 1. The maximum Gasteiger partial charge on any atom is 0.243 e. The molecule has 0 aliphatic rings. The molecule has 1 aromatic rings. The molecule has 1 amide bonds. The van der Waals surface area contributed by atoms with Crippen LogP contribution in [0.5, 0.6) is 0 Å². The van der Waals surface area contributed by atoms with Gasteiger partial charge in [-0.25, -0.2) is 8.42 Å². The molecular weight excluding hydrogens is 326 g/mol. The summed E-state index contributed by atoms with van der Waals surface area (Å²) in [7, 11) is -3.59. The standard InChI is InChI=1S/C17H29N3O3S/c1-7-20(8-2)24(22,23)14-11-13(10-9-12(14)3)19-16(21)15(18)17(4,5)6/h9-11,15H,7-8,18H2,1-6H3,(H,19,21)/t15-/m1/s1. The molecule has 0 radical (unpaired) electrons. The molecule has 3 N–H and O–H groups in total. The van der Waals surface area contributed by atoms with Crippen LogP contribution < -0.4 is 11.1 Å². The number of benzene rings is 1. The van der Waals surface area contributed by atoms with Gasteiger partial charge in [0, 0.05) is 18.8 Å². The summed E-state index contributed by atoms with van der Waals surface area (Å²) in [5, 5.41) is 2.72. The molecule has 0 spiro atoms. The minimum atomic E-state index is -3.59. The zero-order valence-electron chi connectivity index (χ0n) is 15.4. The number of amides is 1. The van der Waals surface area contributed by atoms with Gasteiger partial charge in [-0.15, -0.1) is 0 Å². The average Bonchev–Trinajstić information content (AvgIpc) is 2.48. The third-order valence-corrected chi connectivity index (χ3v) is 6.19. The SMILES string of the molecule is CCN(CC)S(=O)(=O)c1cc(NC(=O)[C@@H](N)C(C)(C)C)ccc1C. The number of carbonyl (C=O) groups is 1. The lowest BCUT2D eigenvalue weighted by Crippen LogP contribution is -2.45. The fourth-order valence-electron chi connectivity index (χ4n) is 2.27. The van der Waals surface area contributed by atoms with E-state index in [1.54, 1.807) is 32.9 Å². The molecule has 1 atom stereocenters. The van der Waals surface area contributed by atoms with Crippen molar-refractivity contribution in [2.75, 3.05) is 18.4 Å². The van der Waals surface area contributed by atoms with Gasteiger partial charge in [0.25, 0.3) is 0 Å². The Kier molecular flexibility index (Phi) is 6.55. The van der Waals surface area contributed by atoms with Crippen molar-refractivity contribution in [3.8, 4) is 0 Å². The van der Waals surface area contributed by atoms with Crippen LogP contribution in [0.4, 0.5) is 5.69 Å². The fraction of sp³-hybridized carbons (Fsp3) is 0.588. The number of aryl methyl sites for hydroxylation is 1. The van der Waals surface area contributed by atoms with E-state index in [1.807, 2.05) is 20.8 Å². The summed E-state index contributed by atoms with van der Waals surface area (Å²) in [6, 6.07) is 4.18. The Morgan fingerprint density at radius 1 is 1.25 bits per heavy atom. The molecule has 24 heavy (non-hydrogen) atoms. The van der Waals surface area contributed by atoms with Crippen LogP contribution in [-0.4, -0.2) is 37.8 Å². The van der Waals surface area contributed by atoms with Crippen molar-refractivity contribution in [3.05, 3.63) is 23.8 Å². The van der Waals surface area contributed by atoms with E-state index in [0.29, 0.717) is 24.3 Å². The van der Waals surface area contributed by atoms with Gasteiger partial charge in [0.2, 0.25) is 15.9 Å². The highest BCUT2D eigenvalue weighted by Gasteiger charge is 2.28. The highest BCUT2D eigenvalue weighted by molar-refractivity contribution is 7.89. The first-order chi connectivity index (χ1) is 10.9. The Morgan fingerprint density at radius 3 is 2.25 bits per heavy atom. The molecule has 0 unspecified atom stereocenters. The molecule has 0 aromatic heterocycles. The molecule has 7 heteroatoms. The first-order valence-electron chi connectivity index (χ1n) is 8.12. The Balaban J connectivity index is 3.18. The molecule has 0 heterocycles. The second-order valence-electron chi connectivity index (χ2n) is 6.90. The lowest BCUT2D eigenvalue weighted by atomic mass is 9.87. The van der Waals surface area contributed by atoms with E-state index in [1.165, 1.54) is 10.4 Å². The van der Waals surface area contributed by atoms with Crippen LogP contribution in [-0.2, 0) is 14.8 Å². The van der Waals surface area contributed by atoms with Gasteiger partial charge >= 0.3 is 0 Å². The number of hydrogen-bond donors (Lipinski definition) is 2. The van der Waals surface area contributed by atoms with Crippen LogP contribution in [0.15, 0.2) is 23.1 Å². The predicted molar refractivity (Wildman–Crippen MR) is 97.3 cm³/mol. The van der Waals surface area contributed by atoms with E-state index in [9.17, 15) is 13.2 Å². The molecular formula is C17H29N3O3S. The van der Waals surface area contributed by atoms with Gasteiger partial charge in [0.1, 0.15) is 0 Å². The quantitative estimate of drug-likeness (QED) is 0.819. The minimum absolute atomic E-state index is 0.202. The highest BCUT2D eigenvalue weighted by atomic mass is 32.2. The monoisotopic (exact) mass is 355 g/mol. The number of anilines is 1. The Morgan fingerprint density at radius 2 is 1.79 bits per heavy atom. The molecule has 136 valence electrons. The van der Waals surface area contributed by atoms with E-state index < -0.39 is 16.1 Å². The van der Waals surface area contributed by atoms with Crippen molar-refractivity contribution >= 4 is 21.6 Å². The van der Waals surface area contributed by atoms with Gasteiger partial charge in [0.05, 0.1) is 10.9 Å². The number of hydrogen-bond acceptors (Lipinski definition) is 4. The predicted octanol–water partition coefficient (Wildman–Crippen LogP) is 2.34. The Labute approximate surface area is 145 Å². The van der Waals surface area contributed by atoms with Crippen molar-refractivity contribution in [2.24, 2.45) is 11.1 Å². The second-order valence-corrected chi connectivity index (χ2v) is 8.81. The first-order valence-corrected chi connectivity index (χ1v) is 9.56. The van der Waals surface area contributed by atoms with Gasteiger partial charge in [-0.2, -0.15) is 4.31 Å². The minimum Gasteiger partial charge on any atom is -0.325 e. The molecule has 0 bridgehead atoms. The van der Waals surface area contributed by atoms with Gasteiger partial charge in [-0.05, 0) is 30.0 Å². The smallest absolute Gasteiger partial charge is 0.243 e. The molecule has 0 aliphatic heterocycles. The number of nitrogens with two attached hydrogens (primary N) is 1. The lowest BCUT2D eigenvalue weighted by molar-refractivity contribution is -0.119. The number of rotatable bonds is 6. The zero-order chi connectivity index (χ0) is 18.7. The summed E-state index contributed by atoms with van der Waals surface area (Å²) in [5.41, 5.74) is 6.63. The third-order valence-electron chi connectivity index (χ3n) is 3.99. The number of nitrogens with zero attached hydrogens (tertiary/aromatic N) is 1. The van der Waals surface area contributed by atoms with E-state index in [4.69, 9.17) is 5.73 Å². The highest BCUT2D eigenvalue weighted by Crippen LogP contribution is 2.25. The molecule has 0 saturated carbocycles. The summed E-state index contributed by atoms with van der Waals surface area (Å²) in [5.74, 6) is -0.336. The average molecular weight is 356 g/mol. The van der Waals surface area contributed by atoms with Gasteiger partial charge in [-0.3, -0.25) is 4.79 Å². The van der Waals surface area contributed by atoms with Crippen LogP contribution in [0, 0.1) is 12.3 Å². The van der Waals surface area contributed by atoms with Crippen molar-refractivity contribution in [3.63, 3.8) is 0 Å². The summed E-state index contributed by atoms with van der Waals surface area (Å²) < 4.78 is 26.9. The van der Waals surface area contributed by atoms with Crippen molar-refractivity contribution in [1.82, 2.24) is 4.31 Å². The Hall–Kier alpha value is -1.44. The van der Waals surface area contributed by atoms with Crippen LogP contribution in [0.1, 0.15) is 40.2 Å². The molecule has 0 aliphatic carbocycles. The fourth-order valence-corrected chi connectivity index (χ4v) is 3.98. The van der Waals surface area contributed by atoms with E-state index in [0.717, 1.165) is 0 Å². The maximum atomic E-state index is 12.7. The van der Waals surface area contributed by atoms with Crippen LogP contribution in [0.2, 0.25) is 0 Å². The topological polar surface area (TPSA) is 92.5 Å². The maximum absolute atomic E-state index is 12.7. The Bertz CT molecular complexity index is 690. The summed E-state index contributed by atoms with van der Waals surface area (Å²) in [6.45, 7) is 11.7. The molecule has 0 saturated heterocycles. The van der Waals surface area contributed by atoms with Gasteiger partial charge < -0.3 is 11.1 Å². The van der Waals surface area contributed by atoms with Gasteiger partial charge in [-0.1, -0.05) is 40.7 Å². The first kappa shape index (κ1) is 20.6.